The minimum atomic E-state index is -0.127. The van der Waals surface area contributed by atoms with Gasteiger partial charge in [-0.15, -0.1) is 0 Å². The maximum Gasteiger partial charge on any atom is 0.302 e. The summed E-state index contributed by atoms with van der Waals surface area (Å²) in [5, 5.41) is 12.6. The van der Waals surface area contributed by atoms with E-state index in [9.17, 15) is 4.79 Å². The normalized spacial score (nSPS) is 47.5. The number of hydrogen-bond donors (Lipinski definition) is 1. The molecule has 6 atom stereocenters. The second-order valence-corrected chi connectivity index (χ2v) is 9.31. The van der Waals surface area contributed by atoms with E-state index in [2.05, 4.69) is 25.1 Å². The van der Waals surface area contributed by atoms with Crippen LogP contribution >= 0.6 is 0 Å². The van der Waals surface area contributed by atoms with E-state index in [0.29, 0.717) is 5.92 Å². The molecular weight excluding hydrogens is 314 g/mol. The Bertz CT molecular complexity index is 639. The van der Waals surface area contributed by atoms with Gasteiger partial charge in [0, 0.05) is 12.3 Å². The van der Waals surface area contributed by atoms with Gasteiger partial charge < -0.3 is 9.94 Å². The summed E-state index contributed by atoms with van der Waals surface area (Å²) in [6.45, 7) is 6.37. The van der Waals surface area contributed by atoms with Gasteiger partial charge in [-0.05, 0) is 80.6 Å². The molecule has 0 bridgehead atoms. The number of esters is 1. The number of oxime groups is 1. The fraction of sp³-hybridized carbons (Fsp3) is 0.810. The van der Waals surface area contributed by atoms with Crippen LogP contribution in [0, 0.1) is 28.6 Å². The van der Waals surface area contributed by atoms with Gasteiger partial charge in [0.15, 0.2) is 0 Å². The molecule has 4 aliphatic carbocycles. The molecule has 4 nitrogen and oxygen atoms in total. The SMILES string of the molecule is CC(=O)O[C@H]1CC[C@@H]2[C@H]3CCC4=C/C(=N\O)CC[C@]4(C)[C@@H]3CC[C@@]12C. The van der Waals surface area contributed by atoms with Crippen molar-refractivity contribution in [3.8, 4) is 0 Å². The Morgan fingerprint density at radius 2 is 1.96 bits per heavy atom. The zero-order valence-corrected chi connectivity index (χ0v) is 15.8. The molecule has 1 N–H and O–H groups in total. The van der Waals surface area contributed by atoms with Crippen molar-refractivity contribution in [2.75, 3.05) is 0 Å². The number of rotatable bonds is 1. The van der Waals surface area contributed by atoms with Crippen LogP contribution in [0.1, 0.15) is 72.1 Å². The highest BCUT2D eigenvalue weighted by atomic mass is 16.5. The lowest BCUT2D eigenvalue weighted by Gasteiger charge is -2.57. The van der Waals surface area contributed by atoms with Crippen LogP contribution in [0.15, 0.2) is 16.8 Å². The third kappa shape index (κ3) is 2.47. The topological polar surface area (TPSA) is 58.9 Å². The van der Waals surface area contributed by atoms with E-state index in [4.69, 9.17) is 9.94 Å². The van der Waals surface area contributed by atoms with Gasteiger partial charge in [0.05, 0.1) is 5.71 Å². The lowest BCUT2D eigenvalue weighted by atomic mass is 9.47. The maximum atomic E-state index is 11.5. The molecule has 0 spiro atoms. The highest BCUT2D eigenvalue weighted by Gasteiger charge is 2.59. The van der Waals surface area contributed by atoms with Gasteiger partial charge >= 0.3 is 5.97 Å². The first kappa shape index (κ1) is 17.1. The summed E-state index contributed by atoms with van der Waals surface area (Å²) in [7, 11) is 0. The minimum absolute atomic E-state index is 0.111. The molecule has 0 unspecified atom stereocenters. The van der Waals surface area contributed by atoms with Crippen LogP contribution in [-0.4, -0.2) is 23.0 Å². The summed E-state index contributed by atoms with van der Waals surface area (Å²) in [6, 6.07) is 0. The van der Waals surface area contributed by atoms with Crippen molar-refractivity contribution in [3.63, 3.8) is 0 Å². The average molecular weight is 345 g/mol. The molecule has 0 radical (unpaired) electrons. The van der Waals surface area contributed by atoms with Crippen molar-refractivity contribution < 1.29 is 14.7 Å². The lowest BCUT2D eigenvalue weighted by Crippen LogP contribution is -2.51. The largest absolute Gasteiger partial charge is 0.462 e. The predicted molar refractivity (Wildman–Crippen MR) is 96.5 cm³/mol. The molecule has 138 valence electrons. The van der Waals surface area contributed by atoms with E-state index in [1.54, 1.807) is 6.92 Å². The van der Waals surface area contributed by atoms with Crippen molar-refractivity contribution in [1.82, 2.24) is 0 Å². The molecule has 0 amide bonds. The van der Waals surface area contributed by atoms with E-state index in [0.717, 1.165) is 43.2 Å². The fourth-order valence-corrected chi connectivity index (χ4v) is 7.00. The quantitative estimate of drug-likeness (QED) is 0.425. The zero-order chi connectivity index (χ0) is 17.8. The van der Waals surface area contributed by atoms with Crippen molar-refractivity contribution in [2.45, 2.75) is 78.2 Å². The van der Waals surface area contributed by atoms with Gasteiger partial charge in [-0.1, -0.05) is 24.6 Å². The predicted octanol–water partition coefficient (Wildman–Crippen LogP) is 4.71. The van der Waals surface area contributed by atoms with Gasteiger partial charge in [0.25, 0.3) is 0 Å². The second-order valence-electron chi connectivity index (χ2n) is 9.31. The van der Waals surface area contributed by atoms with Gasteiger partial charge in [0.2, 0.25) is 0 Å². The first-order valence-electron chi connectivity index (χ1n) is 9.97. The summed E-state index contributed by atoms with van der Waals surface area (Å²) in [5.41, 5.74) is 2.78. The Labute approximate surface area is 150 Å². The molecular formula is C21H31NO3. The molecule has 25 heavy (non-hydrogen) atoms. The third-order valence-electron chi connectivity index (χ3n) is 8.33. The molecule has 4 aliphatic rings. The van der Waals surface area contributed by atoms with Gasteiger partial charge in [-0.2, -0.15) is 0 Å². The Balaban J connectivity index is 1.61. The van der Waals surface area contributed by atoms with Crippen molar-refractivity contribution >= 4 is 11.7 Å². The zero-order valence-electron chi connectivity index (χ0n) is 15.8. The molecule has 3 saturated carbocycles. The maximum absolute atomic E-state index is 11.5. The van der Waals surface area contributed by atoms with Crippen LogP contribution < -0.4 is 0 Å². The summed E-state index contributed by atoms with van der Waals surface area (Å²) >= 11 is 0. The van der Waals surface area contributed by atoms with E-state index >= 15 is 0 Å². The van der Waals surface area contributed by atoms with E-state index in [1.807, 2.05) is 0 Å². The van der Waals surface area contributed by atoms with Crippen LogP contribution in [0.25, 0.3) is 0 Å². The number of ether oxygens (including phenoxy) is 1. The van der Waals surface area contributed by atoms with E-state index < -0.39 is 0 Å². The van der Waals surface area contributed by atoms with Crippen LogP contribution in [0.4, 0.5) is 0 Å². The molecule has 4 rings (SSSR count). The first-order chi connectivity index (χ1) is 11.9. The fourth-order valence-electron chi connectivity index (χ4n) is 7.00. The highest BCUT2D eigenvalue weighted by Crippen LogP contribution is 2.65. The smallest absolute Gasteiger partial charge is 0.302 e. The van der Waals surface area contributed by atoms with E-state index in [1.165, 1.54) is 31.3 Å². The van der Waals surface area contributed by atoms with Gasteiger partial charge in [-0.25, -0.2) is 0 Å². The average Bonchev–Trinajstić information content (AvgIpc) is 2.90. The second kappa shape index (κ2) is 5.85. The summed E-state index contributed by atoms with van der Waals surface area (Å²) in [5.74, 6) is 2.02. The van der Waals surface area contributed by atoms with Crippen LogP contribution in [-0.2, 0) is 9.53 Å². The highest BCUT2D eigenvalue weighted by molar-refractivity contribution is 5.96. The molecule has 4 heteroatoms. The Morgan fingerprint density at radius 3 is 2.68 bits per heavy atom. The lowest BCUT2D eigenvalue weighted by molar-refractivity contribution is -0.157. The molecule has 0 saturated heterocycles. The van der Waals surface area contributed by atoms with Crippen LogP contribution in [0.5, 0.6) is 0 Å². The van der Waals surface area contributed by atoms with Gasteiger partial charge in [0.1, 0.15) is 6.10 Å². The summed E-state index contributed by atoms with van der Waals surface area (Å²) in [6.07, 6.45) is 11.3. The number of carbonyl (C=O) groups is 1. The molecule has 0 heterocycles. The number of carbonyl (C=O) groups excluding carboxylic acids is 1. The van der Waals surface area contributed by atoms with Crippen LogP contribution in [0.3, 0.4) is 0 Å². The Hall–Kier alpha value is -1.32. The molecule has 0 aromatic carbocycles. The summed E-state index contributed by atoms with van der Waals surface area (Å²) in [4.78, 5) is 11.5. The molecule has 3 fully saturated rings. The molecule has 0 aromatic rings. The number of hydrogen-bond acceptors (Lipinski definition) is 4. The number of nitrogens with zero attached hydrogens (tertiary/aromatic N) is 1. The Kier molecular flexibility index (Phi) is 4.01. The third-order valence-corrected chi connectivity index (χ3v) is 8.33. The van der Waals surface area contributed by atoms with Crippen molar-refractivity contribution in [2.24, 2.45) is 33.7 Å². The molecule has 0 aliphatic heterocycles. The summed E-state index contributed by atoms with van der Waals surface area (Å²) < 4.78 is 5.73. The monoisotopic (exact) mass is 345 g/mol. The standard InChI is InChI=1S/C21H31NO3/c1-13(23)25-19-7-6-17-16-5-4-14-12-15(22-24)8-10-20(14,2)18(16)9-11-21(17,19)3/h12,16-19,24H,4-11H2,1-3H3/b22-15-/t16-,17-,18-,19+,20+,21-/m1/s1. The van der Waals surface area contributed by atoms with Crippen LogP contribution in [0.2, 0.25) is 0 Å². The number of fused-ring (bicyclic) bond motifs is 5. The number of allylic oxidation sites excluding steroid dienone is 2. The van der Waals surface area contributed by atoms with E-state index in [-0.39, 0.29) is 22.9 Å². The Morgan fingerprint density at radius 1 is 1.16 bits per heavy atom. The minimum Gasteiger partial charge on any atom is -0.462 e. The first-order valence-corrected chi connectivity index (χ1v) is 9.97. The van der Waals surface area contributed by atoms with Crippen molar-refractivity contribution in [3.05, 3.63) is 11.6 Å². The van der Waals surface area contributed by atoms with Gasteiger partial charge in [-0.3, -0.25) is 4.79 Å². The molecule has 0 aromatic heterocycles. The van der Waals surface area contributed by atoms with Crippen molar-refractivity contribution in [1.29, 1.82) is 0 Å².